The third-order valence-corrected chi connectivity index (χ3v) is 8.65. The summed E-state index contributed by atoms with van der Waals surface area (Å²) < 4.78 is 52.0. The first-order chi connectivity index (χ1) is 17.6. The molecule has 2 heterocycles. The standard InChI is InChI=1S/C26H42F3N5O3/c1-32(9-8-30)14-21-23(18-4-6-25(7-5-18,16-36-2)17-37-3)22-15-33(10-11-34(22)31-21)24(35)19-12-20(13-19)26(27,28)29/h18-20H,4-17,30H2,1-3H3. The number of nitrogens with two attached hydrogens (primary N) is 1. The number of amides is 1. The fraction of sp³-hybridized carbons (Fsp3) is 0.846. The smallest absolute Gasteiger partial charge is 0.384 e. The minimum absolute atomic E-state index is 0.00494. The molecule has 0 aromatic carbocycles. The van der Waals surface area contributed by atoms with Crippen LogP contribution in [0.15, 0.2) is 0 Å². The van der Waals surface area contributed by atoms with E-state index in [1.54, 1.807) is 19.1 Å². The molecule has 37 heavy (non-hydrogen) atoms. The number of ether oxygens (including phenoxy) is 2. The lowest BCUT2D eigenvalue weighted by Crippen LogP contribution is -2.48. The molecule has 0 spiro atoms. The molecule has 11 heteroatoms. The first kappa shape index (κ1) is 28.3. The molecule has 0 saturated heterocycles. The Morgan fingerprint density at radius 2 is 1.81 bits per heavy atom. The van der Waals surface area contributed by atoms with Crippen molar-refractivity contribution in [2.75, 3.05) is 54.1 Å². The Bertz CT molecular complexity index is 915. The molecule has 2 fully saturated rings. The van der Waals surface area contributed by atoms with Gasteiger partial charge in [-0.1, -0.05) is 0 Å². The van der Waals surface area contributed by atoms with Gasteiger partial charge in [-0.2, -0.15) is 18.3 Å². The van der Waals surface area contributed by atoms with Crippen molar-refractivity contribution in [1.29, 1.82) is 0 Å². The van der Waals surface area contributed by atoms with Crippen LogP contribution in [0.1, 0.15) is 61.4 Å². The normalized spacial score (nSPS) is 24.3. The van der Waals surface area contributed by atoms with E-state index in [1.165, 1.54) is 5.56 Å². The molecule has 2 aliphatic carbocycles. The maximum atomic E-state index is 13.1. The summed E-state index contributed by atoms with van der Waals surface area (Å²) in [5.41, 5.74) is 9.06. The number of alkyl halides is 3. The number of aromatic nitrogens is 2. The maximum Gasteiger partial charge on any atom is 0.391 e. The highest BCUT2D eigenvalue weighted by molar-refractivity contribution is 5.80. The molecular weight excluding hydrogens is 487 g/mol. The Morgan fingerprint density at radius 1 is 1.16 bits per heavy atom. The maximum absolute atomic E-state index is 13.1. The van der Waals surface area contributed by atoms with Crippen LogP contribution in [-0.4, -0.2) is 85.8 Å². The number of nitrogens with zero attached hydrogens (tertiary/aromatic N) is 4. The van der Waals surface area contributed by atoms with Crippen LogP contribution in [0.25, 0.3) is 0 Å². The Kier molecular flexibility index (Phi) is 8.87. The van der Waals surface area contributed by atoms with Crippen molar-refractivity contribution in [3.63, 3.8) is 0 Å². The molecular formula is C26H42F3N5O3. The van der Waals surface area contributed by atoms with Gasteiger partial charge in [0, 0.05) is 57.3 Å². The average molecular weight is 530 g/mol. The van der Waals surface area contributed by atoms with Crippen LogP contribution in [0.2, 0.25) is 0 Å². The fourth-order valence-electron chi connectivity index (χ4n) is 6.53. The van der Waals surface area contributed by atoms with Crippen LogP contribution in [0.5, 0.6) is 0 Å². The zero-order chi connectivity index (χ0) is 26.8. The second-order valence-electron chi connectivity index (χ2n) is 11.4. The number of carbonyl (C=O) groups excluding carboxylic acids is 1. The lowest BCUT2D eigenvalue weighted by molar-refractivity contribution is -0.206. The first-order valence-corrected chi connectivity index (χ1v) is 13.4. The van der Waals surface area contributed by atoms with Gasteiger partial charge < -0.3 is 20.1 Å². The highest BCUT2D eigenvalue weighted by atomic mass is 19.4. The van der Waals surface area contributed by atoms with Gasteiger partial charge in [0.05, 0.1) is 43.6 Å². The summed E-state index contributed by atoms with van der Waals surface area (Å²) in [6, 6.07) is 0. The van der Waals surface area contributed by atoms with Crippen LogP contribution >= 0.6 is 0 Å². The zero-order valence-electron chi connectivity index (χ0n) is 22.4. The molecule has 0 atom stereocenters. The Morgan fingerprint density at radius 3 is 2.38 bits per heavy atom. The number of halogens is 3. The van der Waals surface area contributed by atoms with E-state index < -0.39 is 18.0 Å². The van der Waals surface area contributed by atoms with Gasteiger partial charge in [0.15, 0.2) is 0 Å². The minimum Gasteiger partial charge on any atom is -0.384 e. The number of fused-ring (bicyclic) bond motifs is 1. The summed E-state index contributed by atoms with van der Waals surface area (Å²) in [6.45, 7) is 4.76. The third-order valence-electron chi connectivity index (χ3n) is 8.65. The minimum atomic E-state index is -4.21. The Hall–Kier alpha value is -1.69. The van der Waals surface area contributed by atoms with E-state index >= 15 is 0 Å². The average Bonchev–Trinajstić information content (AvgIpc) is 3.15. The van der Waals surface area contributed by atoms with Gasteiger partial charge in [-0.3, -0.25) is 14.4 Å². The van der Waals surface area contributed by atoms with Crippen LogP contribution < -0.4 is 5.73 Å². The summed E-state index contributed by atoms with van der Waals surface area (Å²) in [5, 5.41) is 4.97. The lowest BCUT2D eigenvalue weighted by Gasteiger charge is -2.41. The van der Waals surface area contributed by atoms with Gasteiger partial charge in [0.1, 0.15) is 0 Å². The molecule has 2 N–H and O–H groups in total. The van der Waals surface area contributed by atoms with Crippen LogP contribution in [-0.2, 0) is 33.9 Å². The quantitative estimate of drug-likeness (QED) is 0.501. The Balaban J connectivity index is 1.53. The van der Waals surface area contributed by atoms with Crippen molar-refractivity contribution in [1.82, 2.24) is 19.6 Å². The molecule has 1 amide bonds. The topological polar surface area (TPSA) is 85.8 Å². The number of methoxy groups -OCH3 is 2. The second-order valence-corrected chi connectivity index (χ2v) is 11.4. The predicted molar refractivity (Wildman–Crippen MR) is 133 cm³/mol. The van der Waals surface area contributed by atoms with E-state index in [1.807, 2.05) is 11.7 Å². The largest absolute Gasteiger partial charge is 0.391 e. The lowest BCUT2D eigenvalue weighted by atomic mass is 9.69. The van der Waals surface area contributed by atoms with Crippen molar-refractivity contribution >= 4 is 5.91 Å². The summed E-state index contributed by atoms with van der Waals surface area (Å²) in [7, 11) is 5.49. The number of likely N-dealkylation sites (N-methyl/N-ethyl adjacent to an activating group) is 1. The highest BCUT2D eigenvalue weighted by Crippen LogP contribution is 2.47. The number of hydrogen-bond donors (Lipinski definition) is 1. The molecule has 1 aromatic heterocycles. The van der Waals surface area contributed by atoms with E-state index in [-0.39, 0.29) is 24.2 Å². The van der Waals surface area contributed by atoms with Gasteiger partial charge in [-0.25, -0.2) is 0 Å². The van der Waals surface area contributed by atoms with Gasteiger partial charge in [-0.15, -0.1) is 0 Å². The summed E-state index contributed by atoms with van der Waals surface area (Å²) in [5.74, 6) is -1.72. The zero-order valence-corrected chi connectivity index (χ0v) is 22.4. The molecule has 0 unspecified atom stereocenters. The third kappa shape index (κ3) is 6.15. The van der Waals surface area contributed by atoms with Crippen molar-refractivity contribution in [3.8, 4) is 0 Å². The number of rotatable bonds is 10. The van der Waals surface area contributed by atoms with E-state index in [0.29, 0.717) is 51.9 Å². The van der Waals surface area contributed by atoms with Gasteiger partial charge in [-0.05, 0) is 51.5 Å². The van der Waals surface area contributed by atoms with E-state index in [4.69, 9.17) is 20.3 Å². The van der Waals surface area contributed by atoms with E-state index in [0.717, 1.165) is 43.6 Å². The van der Waals surface area contributed by atoms with E-state index in [2.05, 4.69) is 4.90 Å². The second kappa shape index (κ2) is 11.6. The number of carbonyl (C=O) groups is 1. The molecule has 2 saturated carbocycles. The Labute approximate surface area is 217 Å². The van der Waals surface area contributed by atoms with E-state index in [9.17, 15) is 18.0 Å². The molecule has 210 valence electrons. The molecule has 4 rings (SSSR count). The molecule has 0 radical (unpaired) electrons. The molecule has 1 aliphatic heterocycles. The highest BCUT2D eigenvalue weighted by Gasteiger charge is 2.51. The van der Waals surface area contributed by atoms with Gasteiger partial charge in [0.2, 0.25) is 5.91 Å². The van der Waals surface area contributed by atoms with Crippen LogP contribution in [0.4, 0.5) is 13.2 Å². The summed E-state index contributed by atoms with van der Waals surface area (Å²) >= 11 is 0. The monoisotopic (exact) mass is 529 g/mol. The van der Waals surface area contributed by atoms with Crippen LogP contribution in [0, 0.1) is 17.3 Å². The van der Waals surface area contributed by atoms with Crippen molar-refractivity contribution in [2.24, 2.45) is 23.0 Å². The van der Waals surface area contributed by atoms with Gasteiger partial charge >= 0.3 is 6.18 Å². The van der Waals surface area contributed by atoms with Crippen molar-refractivity contribution < 1.29 is 27.4 Å². The fourth-order valence-corrected chi connectivity index (χ4v) is 6.53. The molecule has 3 aliphatic rings. The number of hydrogen-bond acceptors (Lipinski definition) is 6. The first-order valence-electron chi connectivity index (χ1n) is 13.4. The van der Waals surface area contributed by atoms with Crippen molar-refractivity contribution in [3.05, 3.63) is 17.0 Å². The van der Waals surface area contributed by atoms with Crippen LogP contribution in [0.3, 0.4) is 0 Å². The van der Waals surface area contributed by atoms with Gasteiger partial charge in [0.25, 0.3) is 0 Å². The molecule has 8 nitrogen and oxygen atoms in total. The predicted octanol–water partition coefficient (Wildman–Crippen LogP) is 3.14. The SMILES string of the molecule is COCC1(COC)CCC(c2c(CN(C)CCN)nn3c2CN(C(=O)C2CC(C(F)(F)F)C2)CC3)CC1. The molecule has 1 aromatic rings. The summed E-state index contributed by atoms with van der Waals surface area (Å²) in [6.07, 6.45) is -0.493. The molecule has 0 bridgehead atoms. The van der Waals surface area contributed by atoms with Crippen molar-refractivity contribution in [2.45, 2.75) is 70.3 Å². The summed E-state index contributed by atoms with van der Waals surface area (Å²) in [4.78, 5) is 17.0.